The summed E-state index contributed by atoms with van der Waals surface area (Å²) in [7, 11) is -2.12. The van der Waals surface area contributed by atoms with Gasteiger partial charge in [-0.1, -0.05) is 11.6 Å². The Labute approximate surface area is 175 Å². The van der Waals surface area contributed by atoms with Crippen LogP contribution in [-0.4, -0.2) is 52.0 Å². The van der Waals surface area contributed by atoms with Gasteiger partial charge in [0.2, 0.25) is 10.0 Å². The highest BCUT2D eigenvalue weighted by atomic mass is 35.5. The standard InChI is InChI=1S/C20H23ClN2O5S/c1-27-16-5-7-17(8-6-16)28-13-10-22-20(24)15-4-9-18(21)19(14-15)29(25,26)23-11-2-3-12-23/h4-9,14H,2-3,10-13H2,1H3,(H,22,24). The summed E-state index contributed by atoms with van der Waals surface area (Å²) in [6, 6.07) is 11.4. The van der Waals surface area contributed by atoms with Crippen molar-refractivity contribution in [3.63, 3.8) is 0 Å². The van der Waals surface area contributed by atoms with E-state index in [1.54, 1.807) is 31.4 Å². The van der Waals surface area contributed by atoms with E-state index < -0.39 is 15.9 Å². The van der Waals surface area contributed by atoms with Crippen molar-refractivity contribution < 1.29 is 22.7 Å². The molecular weight excluding hydrogens is 416 g/mol. The molecule has 0 spiro atoms. The fourth-order valence-electron chi connectivity index (χ4n) is 3.02. The largest absolute Gasteiger partial charge is 0.497 e. The molecule has 0 aromatic heterocycles. The molecule has 0 radical (unpaired) electrons. The van der Waals surface area contributed by atoms with Crippen molar-refractivity contribution in [1.29, 1.82) is 0 Å². The van der Waals surface area contributed by atoms with Gasteiger partial charge in [-0.05, 0) is 55.3 Å². The maximum absolute atomic E-state index is 12.8. The summed E-state index contributed by atoms with van der Waals surface area (Å²) in [4.78, 5) is 12.4. The topological polar surface area (TPSA) is 84.9 Å². The molecule has 7 nitrogen and oxygen atoms in total. The highest BCUT2D eigenvalue weighted by molar-refractivity contribution is 7.89. The van der Waals surface area contributed by atoms with Crippen LogP contribution in [0.3, 0.4) is 0 Å². The number of carbonyl (C=O) groups is 1. The summed E-state index contributed by atoms with van der Waals surface area (Å²) >= 11 is 6.11. The molecule has 1 aliphatic heterocycles. The Balaban J connectivity index is 1.59. The van der Waals surface area contributed by atoms with E-state index in [2.05, 4.69) is 5.32 Å². The minimum absolute atomic E-state index is 0.0387. The van der Waals surface area contributed by atoms with Crippen LogP contribution in [0, 0.1) is 0 Å². The molecule has 0 aliphatic carbocycles. The van der Waals surface area contributed by atoms with Crippen LogP contribution in [0.5, 0.6) is 11.5 Å². The van der Waals surface area contributed by atoms with Crippen LogP contribution in [0.15, 0.2) is 47.4 Å². The summed E-state index contributed by atoms with van der Waals surface area (Å²) < 4.78 is 37.6. The highest BCUT2D eigenvalue weighted by Crippen LogP contribution is 2.28. The number of rotatable bonds is 8. The monoisotopic (exact) mass is 438 g/mol. The summed E-state index contributed by atoms with van der Waals surface area (Å²) in [6.07, 6.45) is 1.65. The van der Waals surface area contributed by atoms with Gasteiger partial charge in [-0.2, -0.15) is 4.31 Å². The molecule has 1 aliphatic rings. The van der Waals surface area contributed by atoms with E-state index in [9.17, 15) is 13.2 Å². The molecule has 0 saturated carbocycles. The van der Waals surface area contributed by atoms with Crippen molar-refractivity contribution in [3.05, 3.63) is 53.1 Å². The Kier molecular flexibility index (Phi) is 7.00. The molecular formula is C20H23ClN2O5S. The van der Waals surface area contributed by atoms with Gasteiger partial charge in [0.05, 0.1) is 18.7 Å². The van der Waals surface area contributed by atoms with E-state index in [0.29, 0.717) is 18.8 Å². The third-order valence-electron chi connectivity index (χ3n) is 4.59. The number of ether oxygens (including phenoxy) is 2. The van der Waals surface area contributed by atoms with Gasteiger partial charge < -0.3 is 14.8 Å². The van der Waals surface area contributed by atoms with Crippen LogP contribution in [0.4, 0.5) is 0 Å². The number of amides is 1. The van der Waals surface area contributed by atoms with E-state index in [0.717, 1.165) is 18.6 Å². The zero-order valence-electron chi connectivity index (χ0n) is 16.1. The first-order valence-corrected chi connectivity index (χ1v) is 11.1. The van der Waals surface area contributed by atoms with E-state index in [-0.39, 0.29) is 28.6 Å². The molecule has 1 N–H and O–H groups in total. The highest BCUT2D eigenvalue weighted by Gasteiger charge is 2.29. The number of benzene rings is 2. The van der Waals surface area contributed by atoms with Crippen molar-refractivity contribution in [3.8, 4) is 11.5 Å². The Hall–Kier alpha value is -2.29. The van der Waals surface area contributed by atoms with Crippen molar-refractivity contribution in [2.24, 2.45) is 0 Å². The lowest BCUT2D eigenvalue weighted by atomic mass is 10.2. The normalized spacial score (nSPS) is 14.6. The minimum Gasteiger partial charge on any atom is -0.497 e. The number of methoxy groups -OCH3 is 1. The Morgan fingerprint density at radius 1 is 1.10 bits per heavy atom. The van der Waals surface area contributed by atoms with Gasteiger partial charge in [-0.25, -0.2) is 8.42 Å². The maximum atomic E-state index is 12.8. The van der Waals surface area contributed by atoms with Crippen LogP contribution in [0.2, 0.25) is 5.02 Å². The van der Waals surface area contributed by atoms with Crippen LogP contribution in [0.1, 0.15) is 23.2 Å². The van der Waals surface area contributed by atoms with Gasteiger partial charge in [0, 0.05) is 18.7 Å². The average Bonchev–Trinajstić information content (AvgIpc) is 3.27. The molecule has 2 aromatic rings. The summed E-state index contributed by atoms with van der Waals surface area (Å²) in [5, 5.41) is 2.83. The number of halogens is 1. The lowest BCUT2D eigenvalue weighted by molar-refractivity contribution is 0.0947. The van der Waals surface area contributed by atoms with Gasteiger partial charge in [0.1, 0.15) is 23.0 Å². The van der Waals surface area contributed by atoms with Crippen LogP contribution in [0.25, 0.3) is 0 Å². The number of nitrogens with one attached hydrogen (secondary N) is 1. The number of hydrogen-bond donors (Lipinski definition) is 1. The lowest BCUT2D eigenvalue weighted by Crippen LogP contribution is -2.30. The van der Waals surface area contributed by atoms with Gasteiger partial charge >= 0.3 is 0 Å². The predicted octanol–water partition coefficient (Wildman–Crippen LogP) is 2.94. The van der Waals surface area contributed by atoms with Crippen molar-refractivity contribution in [1.82, 2.24) is 9.62 Å². The molecule has 0 bridgehead atoms. The Morgan fingerprint density at radius 2 is 1.76 bits per heavy atom. The summed E-state index contributed by atoms with van der Waals surface area (Å²) in [6.45, 7) is 1.47. The molecule has 1 heterocycles. The van der Waals surface area contributed by atoms with Crippen molar-refractivity contribution in [2.75, 3.05) is 33.4 Å². The third-order valence-corrected chi connectivity index (χ3v) is 6.97. The molecule has 1 fully saturated rings. The van der Waals surface area contributed by atoms with Crippen LogP contribution in [-0.2, 0) is 10.0 Å². The first kappa shape index (κ1) is 21.4. The number of carbonyl (C=O) groups excluding carboxylic acids is 1. The fourth-order valence-corrected chi connectivity index (χ4v) is 5.03. The molecule has 156 valence electrons. The van der Waals surface area contributed by atoms with E-state index in [1.807, 2.05) is 0 Å². The first-order chi connectivity index (χ1) is 13.9. The maximum Gasteiger partial charge on any atom is 0.251 e. The second-order valence-corrected chi connectivity index (χ2v) is 8.85. The minimum atomic E-state index is -3.71. The predicted molar refractivity (Wildman–Crippen MR) is 110 cm³/mol. The van der Waals surface area contributed by atoms with E-state index in [4.69, 9.17) is 21.1 Å². The molecule has 0 unspecified atom stereocenters. The lowest BCUT2D eigenvalue weighted by Gasteiger charge is -2.17. The summed E-state index contributed by atoms with van der Waals surface area (Å²) in [5.41, 5.74) is 0.233. The number of hydrogen-bond acceptors (Lipinski definition) is 5. The van der Waals surface area contributed by atoms with Crippen molar-refractivity contribution in [2.45, 2.75) is 17.7 Å². The molecule has 9 heteroatoms. The quantitative estimate of drug-likeness (QED) is 0.640. The molecule has 2 aromatic carbocycles. The third kappa shape index (κ3) is 5.20. The SMILES string of the molecule is COc1ccc(OCCNC(=O)c2ccc(Cl)c(S(=O)(=O)N3CCCC3)c2)cc1. The average molecular weight is 439 g/mol. The second-order valence-electron chi connectivity index (χ2n) is 6.54. The van der Waals surface area contributed by atoms with Crippen LogP contribution >= 0.6 is 11.6 Å². The van der Waals surface area contributed by atoms with E-state index in [1.165, 1.54) is 22.5 Å². The first-order valence-electron chi connectivity index (χ1n) is 9.26. The zero-order chi connectivity index (χ0) is 20.9. The number of sulfonamides is 1. The van der Waals surface area contributed by atoms with Crippen molar-refractivity contribution >= 4 is 27.5 Å². The number of nitrogens with zero attached hydrogens (tertiary/aromatic N) is 1. The molecule has 1 amide bonds. The molecule has 29 heavy (non-hydrogen) atoms. The Morgan fingerprint density at radius 3 is 2.41 bits per heavy atom. The summed E-state index contributed by atoms with van der Waals surface area (Å²) in [5.74, 6) is 0.997. The Bertz CT molecular complexity index is 957. The van der Waals surface area contributed by atoms with Gasteiger partial charge in [0.15, 0.2) is 0 Å². The zero-order valence-corrected chi connectivity index (χ0v) is 17.6. The second kappa shape index (κ2) is 9.47. The molecule has 0 atom stereocenters. The van der Waals surface area contributed by atoms with Gasteiger partial charge in [0.25, 0.3) is 5.91 Å². The fraction of sp³-hybridized carbons (Fsp3) is 0.350. The smallest absolute Gasteiger partial charge is 0.251 e. The van der Waals surface area contributed by atoms with Gasteiger partial charge in [-0.3, -0.25) is 4.79 Å². The molecule has 1 saturated heterocycles. The molecule has 3 rings (SSSR count). The van der Waals surface area contributed by atoms with E-state index >= 15 is 0 Å². The van der Waals surface area contributed by atoms with Crippen LogP contribution < -0.4 is 14.8 Å². The van der Waals surface area contributed by atoms with Gasteiger partial charge in [-0.15, -0.1) is 0 Å².